The minimum absolute atomic E-state index is 0.132. The van der Waals surface area contributed by atoms with E-state index in [1.54, 1.807) is 24.5 Å². The molecule has 1 aromatic carbocycles. The van der Waals surface area contributed by atoms with Crippen LogP contribution in [0.15, 0.2) is 58.7 Å². The fraction of sp³-hybridized carbons (Fsp3) is 0.150. The van der Waals surface area contributed by atoms with Gasteiger partial charge in [-0.1, -0.05) is 5.16 Å². The maximum absolute atomic E-state index is 13.0. The molecule has 146 valence electrons. The smallest absolute Gasteiger partial charge is 0.227 e. The largest absolute Gasteiger partial charge is 0.350 e. The van der Waals surface area contributed by atoms with Gasteiger partial charge in [-0.25, -0.2) is 9.37 Å². The summed E-state index contributed by atoms with van der Waals surface area (Å²) in [4.78, 5) is 24.9. The number of carbonyl (C=O) groups is 1. The third kappa shape index (κ3) is 4.88. The second-order valence-electron chi connectivity index (χ2n) is 6.16. The minimum atomic E-state index is -0.331. The first-order chi connectivity index (χ1) is 14.2. The average molecular weight is 409 g/mol. The molecule has 0 aliphatic carbocycles. The van der Waals surface area contributed by atoms with Crippen LogP contribution in [-0.2, 0) is 17.8 Å². The van der Waals surface area contributed by atoms with Gasteiger partial charge < -0.3 is 9.84 Å². The first-order valence-corrected chi connectivity index (χ1v) is 9.75. The quantitative estimate of drug-likeness (QED) is 0.501. The van der Waals surface area contributed by atoms with E-state index in [1.165, 1.54) is 23.5 Å². The molecule has 0 fully saturated rings. The van der Waals surface area contributed by atoms with Gasteiger partial charge in [-0.3, -0.25) is 9.78 Å². The van der Waals surface area contributed by atoms with Crippen molar-refractivity contribution >= 4 is 17.2 Å². The normalized spacial score (nSPS) is 10.8. The zero-order valence-corrected chi connectivity index (χ0v) is 16.0. The van der Waals surface area contributed by atoms with Crippen LogP contribution in [0.5, 0.6) is 0 Å². The van der Waals surface area contributed by atoms with Gasteiger partial charge in [0.15, 0.2) is 0 Å². The second kappa shape index (κ2) is 8.70. The zero-order chi connectivity index (χ0) is 20.1. The molecule has 0 atom stereocenters. The predicted molar refractivity (Wildman–Crippen MR) is 105 cm³/mol. The van der Waals surface area contributed by atoms with Crippen molar-refractivity contribution in [2.24, 2.45) is 0 Å². The zero-order valence-electron chi connectivity index (χ0n) is 15.2. The first kappa shape index (κ1) is 18.9. The molecule has 0 spiro atoms. The van der Waals surface area contributed by atoms with Gasteiger partial charge in [-0.15, -0.1) is 11.3 Å². The van der Waals surface area contributed by atoms with Crippen LogP contribution in [0.4, 0.5) is 4.39 Å². The topological polar surface area (TPSA) is 93.8 Å². The van der Waals surface area contributed by atoms with Gasteiger partial charge in [-0.05, 0) is 36.4 Å². The minimum Gasteiger partial charge on any atom is -0.350 e. The number of carbonyl (C=O) groups excluding carboxylic acids is 1. The van der Waals surface area contributed by atoms with Gasteiger partial charge in [0.25, 0.3) is 0 Å². The molecule has 0 bridgehead atoms. The number of aromatic nitrogens is 4. The molecule has 0 radical (unpaired) electrons. The van der Waals surface area contributed by atoms with E-state index in [9.17, 15) is 9.18 Å². The van der Waals surface area contributed by atoms with Crippen molar-refractivity contribution in [3.63, 3.8) is 0 Å². The number of rotatable bonds is 7. The van der Waals surface area contributed by atoms with E-state index in [1.807, 2.05) is 17.5 Å². The maximum atomic E-state index is 13.0. The molecule has 0 aliphatic rings. The van der Waals surface area contributed by atoms with Gasteiger partial charge in [0.1, 0.15) is 10.8 Å². The number of nitrogens with zero attached hydrogens (tertiary/aromatic N) is 4. The molecule has 0 saturated carbocycles. The van der Waals surface area contributed by atoms with E-state index in [4.69, 9.17) is 4.52 Å². The number of hydrogen-bond donors (Lipinski definition) is 1. The Kier molecular flexibility index (Phi) is 5.66. The summed E-state index contributed by atoms with van der Waals surface area (Å²) in [6, 6.07) is 9.59. The first-order valence-electron chi connectivity index (χ1n) is 8.87. The van der Waals surface area contributed by atoms with E-state index in [0.717, 1.165) is 16.3 Å². The molecule has 4 rings (SSSR count). The number of amides is 1. The molecule has 3 heterocycles. The third-order valence-electron chi connectivity index (χ3n) is 4.10. The van der Waals surface area contributed by atoms with Crippen LogP contribution in [0.3, 0.4) is 0 Å². The Morgan fingerprint density at radius 3 is 2.66 bits per heavy atom. The van der Waals surface area contributed by atoms with Crippen LogP contribution < -0.4 is 5.32 Å². The Labute approximate surface area is 169 Å². The second-order valence-corrected chi connectivity index (χ2v) is 7.10. The van der Waals surface area contributed by atoms with Gasteiger partial charge in [0.2, 0.25) is 17.6 Å². The molecule has 1 amide bonds. The summed E-state index contributed by atoms with van der Waals surface area (Å²) >= 11 is 1.49. The highest BCUT2D eigenvalue weighted by Gasteiger charge is 2.11. The summed E-state index contributed by atoms with van der Waals surface area (Å²) in [5, 5.41) is 9.48. The lowest BCUT2D eigenvalue weighted by atomic mass is 10.2. The summed E-state index contributed by atoms with van der Waals surface area (Å²) in [6.45, 7) is 0.360. The molecule has 1 N–H and O–H groups in total. The van der Waals surface area contributed by atoms with E-state index in [-0.39, 0.29) is 18.1 Å². The molecule has 3 aromatic heterocycles. The van der Waals surface area contributed by atoms with Gasteiger partial charge in [-0.2, -0.15) is 4.98 Å². The van der Waals surface area contributed by atoms with Crippen molar-refractivity contribution < 1.29 is 13.7 Å². The van der Waals surface area contributed by atoms with Crippen molar-refractivity contribution in [2.75, 3.05) is 0 Å². The van der Waals surface area contributed by atoms with Crippen molar-refractivity contribution in [2.45, 2.75) is 19.4 Å². The van der Waals surface area contributed by atoms with Gasteiger partial charge in [0.05, 0.1) is 12.2 Å². The van der Waals surface area contributed by atoms with Crippen LogP contribution in [0.25, 0.3) is 22.6 Å². The van der Waals surface area contributed by atoms with Crippen LogP contribution in [-0.4, -0.2) is 26.0 Å². The van der Waals surface area contributed by atoms with Crippen LogP contribution in [0, 0.1) is 5.82 Å². The molecule has 7 nitrogen and oxygen atoms in total. The Hall–Kier alpha value is -3.46. The number of pyridine rings is 1. The van der Waals surface area contributed by atoms with Gasteiger partial charge in [0, 0.05) is 41.7 Å². The van der Waals surface area contributed by atoms with Gasteiger partial charge >= 0.3 is 0 Å². The fourth-order valence-corrected chi connectivity index (χ4v) is 3.35. The van der Waals surface area contributed by atoms with Crippen molar-refractivity contribution in [3.8, 4) is 22.6 Å². The summed E-state index contributed by atoms with van der Waals surface area (Å²) in [7, 11) is 0. The summed E-state index contributed by atoms with van der Waals surface area (Å²) in [5.41, 5.74) is 2.50. The molecule has 4 aromatic rings. The van der Waals surface area contributed by atoms with E-state index >= 15 is 0 Å². The number of nitrogens with one attached hydrogen (secondary N) is 1. The molecule has 9 heteroatoms. The van der Waals surface area contributed by atoms with Crippen LogP contribution in [0.1, 0.15) is 17.3 Å². The maximum Gasteiger partial charge on any atom is 0.227 e. The molecule has 0 unspecified atom stereocenters. The summed E-state index contributed by atoms with van der Waals surface area (Å²) in [5.74, 6) is 0.259. The highest BCUT2D eigenvalue weighted by Crippen LogP contribution is 2.21. The summed E-state index contributed by atoms with van der Waals surface area (Å²) in [6.07, 6.45) is 3.97. The SMILES string of the molecule is O=C(CCc1nc(-c2ccc(F)cc2)no1)NCc1nc(-c2ccncc2)cs1. The van der Waals surface area contributed by atoms with E-state index in [0.29, 0.717) is 30.2 Å². The molecular formula is C20H16FN5O2S. The lowest BCUT2D eigenvalue weighted by molar-refractivity contribution is -0.121. The Bertz CT molecular complexity index is 1100. The number of benzene rings is 1. The van der Waals surface area contributed by atoms with E-state index in [2.05, 4.69) is 25.4 Å². The number of hydrogen-bond acceptors (Lipinski definition) is 7. The lowest BCUT2D eigenvalue weighted by Gasteiger charge is -2.01. The van der Waals surface area contributed by atoms with Crippen molar-refractivity contribution in [1.29, 1.82) is 0 Å². The number of thiazole rings is 1. The third-order valence-corrected chi connectivity index (χ3v) is 4.95. The fourth-order valence-electron chi connectivity index (χ4n) is 2.60. The van der Waals surface area contributed by atoms with Crippen LogP contribution in [0.2, 0.25) is 0 Å². The Balaban J connectivity index is 1.27. The highest BCUT2D eigenvalue weighted by atomic mass is 32.1. The Morgan fingerprint density at radius 1 is 1.07 bits per heavy atom. The van der Waals surface area contributed by atoms with Crippen LogP contribution >= 0.6 is 11.3 Å². The molecule has 0 aliphatic heterocycles. The lowest BCUT2D eigenvalue weighted by Crippen LogP contribution is -2.22. The van der Waals surface area contributed by atoms with Crippen molar-refractivity contribution in [3.05, 3.63) is 70.9 Å². The Morgan fingerprint density at radius 2 is 1.86 bits per heavy atom. The number of halogens is 1. The highest BCUT2D eigenvalue weighted by molar-refractivity contribution is 7.09. The summed E-state index contributed by atoms with van der Waals surface area (Å²) < 4.78 is 18.1. The van der Waals surface area contributed by atoms with Crippen molar-refractivity contribution in [1.82, 2.24) is 25.4 Å². The monoisotopic (exact) mass is 409 g/mol. The number of aryl methyl sites for hydroxylation is 1. The molecule has 29 heavy (non-hydrogen) atoms. The average Bonchev–Trinajstić information content (AvgIpc) is 3.42. The predicted octanol–water partition coefficient (Wildman–Crippen LogP) is 3.64. The standard InChI is InChI=1S/C20H16FN5O2S/c21-15-3-1-14(2-4-15)20-25-18(28-26-20)6-5-17(27)23-11-19-24-16(12-29-19)13-7-9-22-10-8-13/h1-4,7-10,12H,5-6,11H2,(H,23,27). The molecule has 0 saturated heterocycles. The molecular weight excluding hydrogens is 393 g/mol. The van der Waals surface area contributed by atoms with E-state index < -0.39 is 0 Å².